The van der Waals surface area contributed by atoms with Crippen LogP contribution in [0.2, 0.25) is 0 Å². The molecule has 1 aliphatic heterocycles. The summed E-state index contributed by atoms with van der Waals surface area (Å²) in [4.78, 5) is 13.0. The number of amides is 2. The third-order valence-corrected chi connectivity index (χ3v) is 8.02. The number of aromatic nitrogens is 2. The maximum absolute atomic E-state index is 13.3. The molecule has 2 aromatic rings. The molecule has 0 saturated heterocycles. The molecular formula is C23H31N5O4S. The molecule has 1 aromatic heterocycles. The number of nitrogens with two attached hydrogens (primary N) is 1. The molecule has 178 valence electrons. The van der Waals surface area contributed by atoms with Gasteiger partial charge in [-0.2, -0.15) is 5.10 Å². The summed E-state index contributed by atoms with van der Waals surface area (Å²) in [7, 11) is -3.54. The van der Waals surface area contributed by atoms with E-state index in [9.17, 15) is 9.00 Å². The highest BCUT2D eigenvalue weighted by molar-refractivity contribution is 7.91. The van der Waals surface area contributed by atoms with Gasteiger partial charge in [0.1, 0.15) is 17.6 Å². The minimum atomic E-state index is -3.54. The average Bonchev–Trinajstić information content (AvgIpc) is 3.46. The van der Waals surface area contributed by atoms with E-state index in [0.29, 0.717) is 19.1 Å². The molecule has 5 rings (SSSR count). The lowest BCUT2D eigenvalue weighted by molar-refractivity contribution is -0.0444. The van der Waals surface area contributed by atoms with Crippen molar-refractivity contribution in [3.63, 3.8) is 0 Å². The molecule has 3 unspecified atom stereocenters. The maximum Gasteiger partial charge on any atom is 0.354 e. The van der Waals surface area contributed by atoms with E-state index in [1.54, 1.807) is 4.68 Å². The summed E-state index contributed by atoms with van der Waals surface area (Å²) in [5, 5.41) is 13.2. The Balaban J connectivity index is 1.42. The van der Waals surface area contributed by atoms with Gasteiger partial charge in [0.15, 0.2) is 9.92 Å². The number of carbonyl (C=O) groups is 1. The van der Waals surface area contributed by atoms with Gasteiger partial charge < -0.3 is 14.8 Å². The van der Waals surface area contributed by atoms with Gasteiger partial charge in [0.05, 0.1) is 18.8 Å². The number of carbonyl (C=O) groups excluding carboxylic acids is 1. The number of fused-ring (bicyclic) bond motifs is 3. The Bertz CT molecular complexity index is 1230. The van der Waals surface area contributed by atoms with Crippen molar-refractivity contribution in [2.75, 3.05) is 11.9 Å². The first-order chi connectivity index (χ1) is 15.7. The number of nitrogens with one attached hydrogen (secondary N) is 1. The summed E-state index contributed by atoms with van der Waals surface area (Å²) in [5.41, 5.74) is 5.80. The molecule has 2 aliphatic carbocycles. The van der Waals surface area contributed by atoms with Crippen LogP contribution in [0.25, 0.3) is 0 Å². The Morgan fingerprint density at radius 2 is 2.18 bits per heavy atom. The van der Waals surface area contributed by atoms with Crippen LogP contribution in [0, 0.1) is 0 Å². The molecule has 3 N–H and O–H groups in total. The van der Waals surface area contributed by atoms with E-state index in [4.69, 9.17) is 14.6 Å². The molecule has 2 amide bonds. The summed E-state index contributed by atoms with van der Waals surface area (Å²) in [6, 6.07) is 1.60. The van der Waals surface area contributed by atoms with Gasteiger partial charge in [0.2, 0.25) is 5.88 Å². The number of benzene rings is 1. The zero-order valence-corrected chi connectivity index (χ0v) is 20.1. The van der Waals surface area contributed by atoms with Gasteiger partial charge in [-0.3, -0.25) is 0 Å². The second-order valence-corrected chi connectivity index (χ2v) is 11.2. The van der Waals surface area contributed by atoms with Crippen LogP contribution in [0.4, 0.5) is 10.5 Å². The summed E-state index contributed by atoms with van der Waals surface area (Å²) in [6.45, 7) is 6.86. The van der Waals surface area contributed by atoms with Gasteiger partial charge in [-0.15, -0.1) is 4.36 Å². The highest BCUT2D eigenvalue weighted by Gasteiger charge is 2.30. The van der Waals surface area contributed by atoms with Gasteiger partial charge in [-0.25, -0.2) is 18.8 Å². The fraction of sp³-hybridized carbons (Fsp3) is 0.565. The van der Waals surface area contributed by atoms with Crippen molar-refractivity contribution in [1.29, 1.82) is 0 Å². The van der Waals surface area contributed by atoms with Crippen LogP contribution >= 0.6 is 0 Å². The van der Waals surface area contributed by atoms with Crippen LogP contribution in [-0.4, -0.2) is 38.8 Å². The fourth-order valence-corrected chi connectivity index (χ4v) is 6.21. The highest BCUT2D eigenvalue weighted by atomic mass is 32.2. The van der Waals surface area contributed by atoms with Crippen LogP contribution in [0.15, 0.2) is 21.5 Å². The van der Waals surface area contributed by atoms with Gasteiger partial charge in [-0.05, 0) is 74.1 Å². The summed E-state index contributed by atoms with van der Waals surface area (Å²) in [6.07, 6.45) is 6.25. The topological polar surface area (TPSA) is 121 Å². The predicted octanol–water partition coefficient (Wildman–Crippen LogP) is 3.54. The lowest BCUT2D eigenvalue weighted by Gasteiger charge is -2.26. The Labute approximate surface area is 194 Å². The molecule has 10 heteroatoms. The second kappa shape index (κ2) is 8.41. The second-order valence-electron chi connectivity index (χ2n) is 9.45. The van der Waals surface area contributed by atoms with Crippen LogP contribution in [0.1, 0.15) is 61.8 Å². The number of ether oxygens (including phenoxy) is 2. The monoisotopic (exact) mass is 473 g/mol. The Morgan fingerprint density at radius 1 is 1.36 bits per heavy atom. The van der Waals surface area contributed by atoms with E-state index in [0.717, 1.165) is 37.8 Å². The summed E-state index contributed by atoms with van der Waals surface area (Å²) < 4.78 is 30.3. The number of hydrogen-bond acceptors (Lipinski definition) is 5. The third-order valence-electron chi connectivity index (χ3n) is 6.67. The molecule has 0 radical (unpaired) electrons. The Hall–Kier alpha value is -2.43. The predicted molar refractivity (Wildman–Crippen MR) is 125 cm³/mol. The molecule has 33 heavy (non-hydrogen) atoms. The minimum absolute atomic E-state index is 0.0523. The van der Waals surface area contributed by atoms with Gasteiger partial charge in [0, 0.05) is 5.69 Å². The molecule has 3 atom stereocenters. The Morgan fingerprint density at radius 3 is 2.97 bits per heavy atom. The number of urea groups is 1. The van der Waals surface area contributed by atoms with E-state index >= 15 is 0 Å². The molecule has 0 spiro atoms. The molecule has 0 bridgehead atoms. The largest absolute Gasteiger partial charge is 0.474 e. The first kappa shape index (κ1) is 22.4. The van der Waals surface area contributed by atoms with E-state index in [1.807, 2.05) is 13.8 Å². The SMILES string of the molecule is CC(C)OC1COc2c(S(N)(=O)=NC(=O)Nc3c4c(cc5c3CCC5C)CCC4)cnn2C1. The van der Waals surface area contributed by atoms with Crippen LogP contribution in [-0.2, 0) is 40.5 Å². The van der Waals surface area contributed by atoms with Gasteiger partial charge in [-0.1, -0.05) is 13.0 Å². The highest BCUT2D eigenvalue weighted by Crippen LogP contribution is 2.43. The van der Waals surface area contributed by atoms with Crippen molar-refractivity contribution in [1.82, 2.24) is 9.78 Å². The van der Waals surface area contributed by atoms with Crippen molar-refractivity contribution in [2.45, 2.75) is 82.4 Å². The normalized spacial score (nSPS) is 22.8. The molecule has 3 aliphatic rings. The van der Waals surface area contributed by atoms with E-state index in [1.165, 1.54) is 28.5 Å². The quantitative estimate of drug-likeness (QED) is 0.704. The van der Waals surface area contributed by atoms with Crippen molar-refractivity contribution in [3.8, 4) is 5.88 Å². The lowest BCUT2D eigenvalue weighted by atomic mass is 9.96. The van der Waals surface area contributed by atoms with E-state index in [2.05, 4.69) is 27.8 Å². The molecule has 0 saturated carbocycles. The van der Waals surface area contributed by atoms with Crippen LogP contribution in [0.5, 0.6) is 5.88 Å². The van der Waals surface area contributed by atoms with Crippen molar-refractivity contribution < 1.29 is 18.5 Å². The summed E-state index contributed by atoms with van der Waals surface area (Å²) in [5.74, 6) is 0.745. The lowest BCUT2D eigenvalue weighted by Crippen LogP contribution is -2.35. The summed E-state index contributed by atoms with van der Waals surface area (Å²) >= 11 is 0. The first-order valence-electron chi connectivity index (χ1n) is 11.6. The Kier molecular flexibility index (Phi) is 5.70. The smallest absolute Gasteiger partial charge is 0.354 e. The fourth-order valence-electron chi connectivity index (χ4n) is 5.21. The van der Waals surface area contributed by atoms with Crippen molar-refractivity contribution >= 4 is 21.6 Å². The molecule has 1 aromatic carbocycles. The zero-order valence-electron chi connectivity index (χ0n) is 19.3. The molecule has 2 heterocycles. The average molecular weight is 474 g/mol. The minimum Gasteiger partial charge on any atom is -0.474 e. The molecule has 0 fully saturated rings. The third kappa shape index (κ3) is 4.15. The number of rotatable bonds is 4. The molecule has 9 nitrogen and oxygen atoms in total. The molecular weight excluding hydrogens is 442 g/mol. The van der Waals surface area contributed by atoms with Crippen molar-refractivity contribution in [2.24, 2.45) is 9.50 Å². The van der Waals surface area contributed by atoms with Crippen LogP contribution in [0.3, 0.4) is 0 Å². The first-order valence-corrected chi connectivity index (χ1v) is 13.2. The number of aryl methyl sites for hydroxylation is 1. The maximum atomic E-state index is 13.3. The standard InChI is InChI=1S/C23H31N5O4S/c1-13(2)32-16-11-28-22(31-12-16)20(10-25-28)33(24,30)27-23(29)26-21-17-6-4-5-15(17)9-19-14(3)7-8-18(19)21/h9-10,13-14,16H,4-8,11-12H2,1-3H3,(H3,24,26,27,29,30). The van der Waals surface area contributed by atoms with Gasteiger partial charge in [0.25, 0.3) is 0 Å². The number of nitrogens with zero attached hydrogens (tertiary/aromatic N) is 3. The zero-order chi connectivity index (χ0) is 23.3. The van der Waals surface area contributed by atoms with Gasteiger partial charge >= 0.3 is 6.03 Å². The number of anilines is 1. The van der Waals surface area contributed by atoms with Crippen LogP contribution < -0.4 is 15.2 Å². The van der Waals surface area contributed by atoms with E-state index in [-0.39, 0.29) is 23.0 Å². The van der Waals surface area contributed by atoms with E-state index < -0.39 is 15.9 Å². The van der Waals surface area contributed by atoms with Crippen molar-refractivity contribution in [3.05, 3.63) is 34.5 Å². The number of hydrogen-bond donors (Lipinski definition) is 2.